The fourth-order valence-electron chi connectivity index (χ4n) is 2.63. The molecule has 0 aliphatic heterocycles. The van der Waals surface area contributed by atoms with Crippen molar-refractivity contribution in [2.75, 3.05) is 7.11 Å². The molecule has 0 atom stereocenters. The molecule has 0 unspecified atom stereocenters. The van der Waals surface area contributed by atoms with Crippen molar-refractivity contribution in [3.63, 3.8) is 0 Å². The van der Waals surface area contributed by atoms with E-state index in [1.54, 1.807) is 13.2 Å². The summed E-state index contributed by atoms with van der Waals surface area (Å²) < 4.78 is 5.34. The number of nitrogens with one attached hydrogen (secondary N) is 1. The topological polar surface area (TPSA) is 93.8 Å². The Morgan fingerprint density at radius 3 is 2.50 bits per heavy atom. The second-order valence-corrected chi connectivity index (χ2v) is 5.38. The zero-order chi connectivity index (χ0) is 18.5. The van der Waals surface area contributed by atoms with E-state index >= 15 is 0 Å². The summed E-state index contributed by atoms with van der Waals surface area (Å²) >= 11 is 0. The van der Waals surface area contributed by atoms with Crippen molar-refractivity contribution in [1.82, 2.24) is 5.43 Å². The third kappa shape index (κ3) is 3.36. The number of rotatable bonds is 5. The summed E-state index contributed by atoms with van der Waals surface area (Å²) in [5, 5.41) is 16.8. The normalized spacial score (nSPS) is 10.8. The first-order valence-electron chi connectivity index (χ1n) is 7.74. The molecule has 0 heterocycles. The second-order valence-electron chi connectivity index (χ2n) is 5.38. The molecule has 26 heavy (non-hydrogen) atoms. The predicted molar refractivity (Wildman–Crippen MR) is 98.7 cm³/mol. The summed E-state index contributed by atoms with van der Waals surface area (Å²) in [4.78, 5) is 22.6. The van der Waals surface area contributed by atoms with Gasteiger partial charge < -0.3 is 4.74 Å². The number of nitrogens with zero attached hydrogens (tertiary/aromatic N) is 2. The number of nitro groups is 1. The minimum atomic E-state index is -0.647. The van der Waals surface area contributed by atoms with Crippen molar-refractivity contribution < 1.29 is 14.5 Å². The van der Waals surface area contributed by atoms with E-state index in [0.29, 0.717) is 0 Å². The molecule has 7 nitrogen and oxygen atoms in total. The Labute approximate surface area is 149 Å². The highest BCUT2D eigenvalue weighted by Crippen LogP contribution is 2.27. The van der Waals surface area contributed by atoms with Crippen LogP contribution in [0.2, 0.25) is 0 Å². The van der Waals surface area contributed by atoms with Crippen LogP contribution in [0.5, 0.6) is 5.75 Å². The molecule has 1 amide bonds. The molecular weight excluding hydrogens is 334 g/mol. The number of fused-ring (bicyclic) bond motifs is 1. The van der Waals surface area contributed by atoms with Gasteiger partial charge in [-0.3, -0.25) is 14.9 Å². The fourth-order valence-corrected chi connectivity index (χ4v) is 2.63. The van der Waals surface area contributed by atoms with Crippen LogP contribution in [0, 0.1) is 10.1 Å². The van der Waals surface area contributed by atoms with Crippen LogP contribution in [0.15, 0.2) is 65.8 Å². The summed E-state index contributed by atoms with van der Waals surface area (Å²) in [5.41, 5.74) is 2.80. The van der Waals surface area contributed by atoms with Crippen LogP contribution in [0.4, 0.5) is 5.69 Å². The molecule has 7 heteroatoms. The SMILES string of the molecule is COc1ccc(C=NNC(=O)c2ccccc2[N+](=O)[O-])c2ccccc12. The molecule has 0 aliphatic rings. The zero-order valence-corrected chi connectivity index (χ0v) is 13.9. The number of ether oxygens (including phenoxy) is 1. The molecule has 0 fully saturated rings. The van der Waals surface area contributed by atoms with Gasteiger partial charge in [-0.1, -0.05) is 36.4 Å². The van der Waals surface area contributed by atoms with E-state index in [1.807, 2.05) is 36.4 Å². The van der Waals surface area contributed by atoms with Gasteiger partial charge in [-0.2, -0.15) is 5.10 Å². The van der Waals surface area contributed by atoms with Gasteiger partial charge in [-0.05, 0) is 23.6 Å². The quantitative estimate of drug-likeness (QED) is 0.433. The van der Waals surface area contributed by atoms with E-state index < -0.39 is 10.8 Å². The van der Waals surface area contributed by atoms with E-state index in [-0.39, 0.29) is 11.3 Å². The molecular formula is C19H15N3O4. The number of hydrogen-bond donors (Lipinski definition) is 1. The minimum absolute atomic E-state index is 0.0470. The lowest BCUT2D eigenvalue weighted by atomic mass is 10.0. The summed E-state index contributed by atoms with van der Waals surface area (Å²) in [5.74, 6) is 0.0908. The molecule has 0 radical (unpaired) electrons. The average molecular weight is 349 g/mol. The molecule has 0 aliphatic carbocycles. The van der Waals surface area contributed by atoms with E-state index in [4.69, 9.17) is 4.74 Å². The van der Waals surface area contributed by atoms with E-state index in [1.165, 1.54) is 24.4 Å². The van der Waals surface area contributed by atoms with Crippen molar-refractivity contribution in [3.05, 3.63) is 81.9 Å². The zero-order valence-electron chi connectivity index (χ0n) is 13.9. The van der Waals surface area contributed by atoms with Gasteiger partial charge in [-0.25, -0.2) is 5.43 Å². The summed E-state index contributed by atoms with van der Waals surface area (Å²) in [7, 11) is 1.60. The van der Waals surface area contributed by atoms with Crippen LogP contribution in [-0.2, 0) is 0 Å². The lowest BCUT2D eigenvalue weighted by Crippen LogP contribution is -2.18. The van der Waals surface area contributed by atoms with Gasteiger partial charge >= 0.3 is 0 Å². The number of nitro benzene ring substituents is 1. The maximum Gasteiger partial charge on any atom is 0.282 e. The molecule has 3 aromatic carbocycles. The number of methoxy groups -OCH3 is 1. The number of benzene rings is 3. The molecule has 0 saturated carbocycles. The first-order valence-corrected chi connectivity index (χ1v) is 7.74. The Hall–Kier alpha value is -3.74. The van der Waals surface area contributed by atoms with Gasteiger partial charge in [0, 0.05) is 17.0 Å². The Kier molecular flexibility index (Phi) is 4.89. The molecule has 3 aromatic rings. The molecule has 0 spiro atoms. The predicted octanol–water partition coefficient (Wildman–Crippen LogP) is 3.52. The van der Waals surface area contributed by atoms with Crippen molar-refractivity contribution in [1.29, 1.82) is 0 Å². The number of para-hydroxylation sites is 1. The summed E-state index contributed by atoms with van der Waals surface area (Å²) in [6, 6.07) is 17.0. The van der Waals surface area contributed by atoms with Crippen LogP contribution in [-0.4, -0.2) is 24.2 Å². The molecule has 3 rings (SSSR count). The van der Waals surface area contributed by atoms with Crippen LogP contribution in [0.25, 0.3) is 10.8 Å². The number of hydrazone groups is 1. The highest BCUT2D eigenvalue weighted by Gasteiger charge is 2.18. The lowest BCUT2D eigenvalue weighted by molar-refractivity contribution is -0.385. The first-order chi connectivity index (χ1) is 12.6. The number of carbonyl (C=O) groups is 1. The van der Waals surface area contributed by atoms with Crippen molar-refractivity contribution in [3.8, 4) is 5.75 Å². The van der Waals surface area contributed by atoms with Crippen LogP contribution in [0.1, 0.15) is 15.9 Å². The largest absolute Gasteiger partial charge is 0.496 e. The highest BCUT2D eigenvalue weighted by molar-refractivity contribution is 6.03. The maximum atomic E-state index is 12.2. The monoisotopic (exact) mass is 349 g/mol. The number of carbonyl (C=O) groups excluding carboxylic acids is 1. The number of amides is 1. The van der Waals surface area contributed by atoms with Gasteiger partial charge in [0.2, 0.25) is 0 Å². The van der Waals surface area contributed by atoms with Crippen LogP contribution >= 0.6 is 0 Å². The summed E-state index contributed by atoms with van der Waals surface area (Å²) in [6.07, 6.45) is 1.49. The van der Waals surface area contributed by atoms with Gasteiger partial charge in [0.05, 0.1) is 18.2 Å². The van der Waals surface area contributed by atoms with Gasteiger partial charge in [0.25, 0.3) is 11.6 Å². The maximum absolute atomic E-state index is 12.2. The van der Waals surface area contributed by atoms with Gasteiger partial charge in [-0.15, -0.1) is 0 Å². The molecule has 0 bridgehead atoms. The average Bonchev–Trinajstić information content (AvgIpc) is 2.68. The van der Waals surface area contributed by atoms with Gasteiger partial charge in [0.15, 0.2) is 0 Å². The summed E-state index contributed by atoms with van der Waals surface area (Å²) in [6.45, 7) is 0. The Balaban J connectivity index is 1.85. The molecule has 0 aromatic heterocycles. The van der Waals surface area contributed by atoms with E-state index in [0.717, 1.165) is 22.1 Å². The van der Waals surface area contributed by atoms with Crippen LogP contribution in [0.3, 0.4) is 0 Å². The minimum Gasteiger partial charge on any atom is -0.496 e. The standard InChI is InChI=1S/C19H15N3O4/c1-26-18-11-10-13(14-6-2-3-7-15(14)18)12-20-21-19(23)16-8-4-5-9-17(16)22(24)25/h2-12H,1H3,(H,21,23). The van der Waals surface area contributed by atoms with E-state index in [9.17, 15) is 14.9 Å². The smallest absolute Gasteiger partial charge is 0.282 e. The molecule has 130 valence electrons. The number of hydrogen-bond acceptors (Lipinski definition) is 5. The van der Waals surface area contributed by atoms with Crippen molar-refractivity contribution in [2.24, 2.45) is 5.10 Å². The first kappa shape index (κ1) is 17.1. The van der Waals surface area contributed by atoms with Gasteiger partial charge in [0.1, 0.15) is 11.3 Å². The Bertz CT molecular complexity index is 1010. The third-order valence-electron chi connectivity index (χ3n) is 3.85. The second kappa shape index (κ2) is 7.43. The van der Waals surface area contributed by atoms with Crippen molar-refractivity contribution >= 4 is 28.6 Å². The van der Waals surface area contributed by atoms with E-state index in [2.05, 4.69) is 10.5 Å². The third-order valence-corrected chi connectivity index (χ3v) is 3.85. The van der Waals surface area contributed by atoms with Crippen molar-refractivity contribution in [2.45, 2.75) is 0 Å². The van der Waals surface area contributed by atoms with Crippen LogP contribution < -0.4 is 10.2 Å². The Morgan fingerprint density at radius 2 is 1.77 bits per heavy atom. The molecule has 0 saturated heterocycles. The molecule has 1 N–H and O–H groups in total. The highest BCUT2D eigenvalue weighted by atomic mass is 16.6. The lowest BCUT2D eigenvalue weighted by Gasteiger charge is -2.07. The fraction of sp³-hybridized carbons (Fsp3) is 0.0526. The Morgan fingerprint density at radius 1 is 1.08 bits per heavy atom.